The minimum Gasteiger partial charge on any atom is -0.466 e. The topological polar surface area (TPSA) is 81.0 Å². The Kier molecular flexibility index (Phi) is 7.15. The Morgan fingerprint density at radius 2 is 1.93 bits per heavy atom. The molecule has 2 heterocycles. The number of aryl methyl sites for hydroxylation is 1. The minimum absolute atomic E-state index is 0.0305. The average Bonchev–Trinajstić information content (AvgIpc) is 3.07. The number of likely N-dealkylation sites (tertiary alicyclic amines) is 1. The van der Waals surface area contributed by atoms with Gasteiger partial charge in [0.15, 0.2) is 4.80 Å². The molecule has 2 aromatic rings. The van der Waals surface area contributed by atoms with Crippen LogP contribution in [-0.2, 0) is 20.9 Å². The van der Waals surface area contributed by atoms with Crippen molar-refractivity contribution in [1.82, 2.24) is 9.47 Å². The maximum Gasteiger partial charge on any atom is 0.309 e. The summed E-state index contributed by atoms with van der Waals surface area (Å²) in [5.74, 6) is -1.81. The predicted octanol–water partition coefficient (Wildman–Crippen LogP) is 2.54. The Morgan fingerprint density at radius 1 is 1.23 bits per heavy atom. The van der Waals surface area contributed by atoms with Gasteiger partial charge in [-0.25, -0.2) is 4.39 Å². The zero-order valence-corrected chi connectivity index (χ0v) is 17.8. The van der Waals surface area contributed by atoms with Crippen molar-refractivity contribution in [3.05, 3.63) is 51.5 Å². The van der Waals surface area contributed by atoms with Gasteiger partial charge in [-0.1, -0.05) is 12.1 Å². The first kappa shape index (κ1) is 21.9. The second kappa shape index (κ2) is 9.80. The lowest BCUT2D eigenvalue weighted by atomic mass is 9.97. The van der Waals surface area contributed by atoms with Crippen molar-refractivity contribution in [3.63, 3.8) is 0 Å². The first-order chi connectivity index (χ1) is 14.4. The molecule has 0 saturated carbocycles. The van der Waals surface area contributed by atoms with Gasteiger partial charge >= 0.3 is 5.97 Å². The van der Waals surface area contributed by atoms with E-state index in [9.17, 15) is 18.8 Å². The van der Waals surface area contributed by atoms with E-state index in [-0.39, 0.29) is 29.9 Å². The highest BCUT2D eigenvalue weighted by Gasteiger charge is 2.28. The smallest absolute Gasteiger partial charge is 0.309 e. The molecule has 0 aliphatic carbocycles. The molecule has 0 atom stereocenters. The third kappa shape index (κ3) is 5.02. The van der Waals surface area contributed by atoms with Crippen LogP contribution in [0.15, 0.2) is 34.6 Å². The van der Waals surface area contributed by atoms with Crippen LogP contribution in [0.5, 0.6) is 0 Å². The van der Waals surface area contributed by atoms with Crippen LogP contribution in [0.1, 0.15) is 35.8 Å². The first-order valence-corrected chi connectivity index (χ1v) is 10.7. The fourth-order valence-electron chi connectivity index (χ4n) is 3.34. The van der Waals surface area contributed by atoms with E-state index in [4.69, 9.17) is 4.74 Å². The van der Waals surface area contributed by atoms with Gasteiger partial charge in [-0.3, -0.25) is 14.4 Å². The van der Waals surface area contributed by atoms with Crippen LogP contribution in [0.25, 0.3) is 0 Å². The molecule has 9 heteroatoms. The van der Waals surface area contributed by atoms with Gasteiger partial charge in [0.25, 0.3) is 5.91 Å². The highest BCUT2D eigenvalue weighted by molar-refractivity contribution is 7.07. The molecule has 0 bridgehead atoms. The molecule has 0 radical (unpaired) electrons. The van der Waals surface area contributed by atoms with Crippen LogP contribution in [0.4, 0.5) is 4.39 Å². The minimum atomic E-state index is -0.689. The monoisotopic (exact) mass is 433 g/mol. The summed E-state index contributed by atoms with van der Waals surface area (Å²) >= 11 is 1.22. The van der Waals surface area contributed by atoms with Gasteiger partial charge in [0, 0.05) is 24.2 Å². The average molecular weight is 434 g/mol. The summed E-state index contributed by atoms with van der Waals surface area (Å²) in [6.07, 6.45) is 1.14. The maximum absolute atomic E-state index is 13.9. The first-order valence-electron chi connectivity index (χ1n) is 9.83. The van der Waals surface area contributed by atoms with Crippen LogP contribution in [0.3, 0.4) is 0 Å². The molecule has 7 nitrogen and oxygen atoms in total. The Bertz CT molecular complexity index is 1010. The van der Waals surface area contributed by atoms with Crippen LogP contribution in [0.2, 0.25) is 0 Å². The van der Waals surface area contributed by atoms with E-state index >= 15 is 0 Å². The molecule has 0 unspecified atom stereocenters. The number of hydrogen-bond donors (Lipinski definition) is 0. The van der Waals surface area contributed by atoms with Gasteiger partial charge in [0.1, 0.15) is 12.4 Å². The molecular formula is C21H24FN3O4S. The van der Waals surface area contributed by atoms with Crippen molar-refractivity contribution in [2.24, 2.45) is 10.9 Å². The van der Waals surface area contributed by atoms with Crippen LogP contribution < -0.4 is 4.80 Å². The van der Waals surface area contributed by atoms with Gasteiger partial charge < -0.3 is 14.2 Å². The van der Waals surface area contributed by atoms with E-state index in [1.165, 1.54) is 29.5 Å². The van der Waals surface area contributed by atoms with E-state index in [1.807, 2.05) is 6.92 Å². The van der Waals surface area contributed by atoms with Gasteiger partial charge in [0.2, 0.25) is 5.91 Å². The molecule has 3 rings (SSSR count). The number of halogens is 1. The summed E-state index contributed by atoms with van der Waals surface area (Å²) in [6.45, 7) is 4.94. The maximum atomic E-state index is 13.9. The second-order valence-corrected chi connectivity index (χ2v) is 7.89. The third-order valence-electron chi connectivity index (χ3n) is 5.05. The van der Waals surface area contributed by atoms with Gasteiger partial charge in [0.05, 0.1) is 18.1 Å². The number of hydrogen-bond acceptors (Lipinski definition) is 5. The fourth-order valence-corrected chi connectivity index (χ4v) is 4.21. The van der Waals surface area contributed by atoms with Crippen LogP contribution in [-0.4, -0.2) is 46.9 Å². The molecular weight excluding hydrogens is 409 g/mol. The molecule has 30 heavy (non-hydrogen) atoms. The molecule has 1 aromatic carbocycles. The summed E-state index contributed by atoms with van der Waals surface area (Å²) in [5.41, 5.74) is 0.678. The van der Waals surface area contributed by atoms with E-state index in [0.717, 1.165) is 5.69 Å². The Hall–Kier alpha value is -2.81. The van der Waals surface area contributed by atoms with E-state index in [1.54, 1.807) is 27.8 Å². The lowest BCUT2D eigenvalue weighted by Crippen LogP contribution is -2.43. The predicted molar refractivity (Wildman–Crippen MR) is 109 cm³/mol. The van der Waals surface area contributed by atoms with Crippen molar-refractivity contribution in [2.45, 2.75) is 33.2 Å². The molecule has 1 aliphatic rings. The number of rotatable bonds is 5. The largest absolute Gasteiger partial charge is 0.466 e. The molecule has 0 N–H and O–H groups in total. The highest BCUT2D eigenvalue weighted by Crippen LogP contribution is 2.19. The number of piperidine rings is 1. The Balaban J connectivity index is 1.70. The summed E-state index contributed by atoms with van der Waals surface area (Å²) in [6, 6.07) is 5.67. The molecule has 160 valence electrons. The molecule has 1 saturated heterocycles. The number of benzene rings is 1. The summed E-state index contributed by atoms with van der Waals surface area (Å²) in [7, 11) is 0. The number of thiazole rings is 1. The number of aromatic nitrogens is 1. The summed E-state index contributed by atoms with van der Waals surface area (Å²) < 4.78 is 20.6. The SMILES string of the molecule is CCOC(=O)C1CCN(C(=O)Cn2c(C)csc2=NC(=O)c2ccccc2F)CC1. The second-order valence-electron chi connectivity index (χ2n) is 7.05. The lowest BCUT2D eigenvalue weighted by Gasteiger charge is -2.31. The number of carbonyl (C=O) groups is 3. The summed E-state index contributed by atoms with van der Waals surface area (Å²) in [4.78, 5) is 43.1. The lowest BCUT2D eigenvalue weighted by molar-refractivity contribution is -0.151. The van der Waals surface area contributed by atoms with Crippen LogP contribution >= 0.6 is 11.3 Å². The number of esters is 1. The molecule has 1 fully saturated rings. The van der Waals surface area contributed by atoms with Gasteiger partial charge in [-0.2, -0.15) is 4.99 Å². The summed E-state index contributed by atoms with van der Waals surface area (Å²) in [5, 5.41) is 1.80. The standard InChI is InChI=1S/C21H24FN3O4S/c1-3-29-20(28)15-8-10-24(11-9-15)18(26)12-25-14(2)13-30-21(25)23-19(27)16-6-4-5-7-17(16)22/h4-7,13,15H,3,8-12H2,1-2H3. The van der Waals surface area contributed by atoms with E-state index in [2.05, 4.69) is 4.99 Å². The number of amides is 2. The molecule has 0 spiro atoms. The van der Waals surface area contributed by atoms with Crippen molar-refractivity contribution >= 4 is 29.1 Å². The fraction of sp³-hybridized carbons (Fsp3) is 0.429. The van der Waals surface area contributed by atoms with Crippen molar-refractivity contribution in [2.75, 3.05) is 19.7 Å². The zero-order valence-electron chi connectivity index (χ0n) is 17.0. The number of nitrogens with zero attached hydrogens (tertiary/aromatic N) is 3. The van der Waals surface area contributed by atoms with Gasteiger partial charge in [-0.15, -0.1) is 11.3 Å². The van der Waals surface area contributed by atoms with Crippen molar-refractivity contribution in [3.8, 4) is 0 Å². The third-order valence-corrected chi connectivity index (χ3v) is 6.04. The molecule has 2 amide bonds. The van der Waals surface area contributed by atoms with Crippen LogP contribution in [0, 0.1) is 18.7 Å². The number of carbonyl (C=O) groups excluding carboxylic acids is 3. The van der Waals surface area contributed by atoms with Crippen molar-refractivity contribution < 1.29 is 23.5 Å². The van der Waals surface area contributed by atoms with Gasteiger partial charge in [-0.05, 0) is 38.8 Å². The zero-order chi connectivity index (χ0) is 21.7. The molecule has 1 aromatic heterocycles. The Morgan fingerprint density at radius 3 is 2.60 bits per heavy atom. The van der Waals surface area contributed by atoms with Crippen molar-refractivity contribution in [1.29, 1.82) is 0 Å². The van der Waals surface area contributed by atoms with E-state index in [0.29, 0.717) is 37.3 Å². The Labute approximate surface area is 177 Å². The normalized spacial score (nSPS) is 15.3. The number of ether oxygens (including phenoxy) is 1. The highest BCUT2D eigenvalue weighted by atomic mass is 32.1. The quantitative estimate of drug-likeness (QED) is 0.679. The van der Waals surface area contributed by atoms with E-state index < -0.39 is 11.7 Å². The molecule has 1 aliphatic heterocycles.